The minimum Gasteiger partial charge on any atom is -0.297 e. The van der Waals surface area contributed by atoms with Crippen molar-refractivity contribution in [3.63, 3.8) is 0 Å². The van der Waals surface area contributed by atoms with Crippen LogP contribution in [0.3, 0.4) is 0 Å². The predicted octanol–water partition coefficient (Wildman–Crippen LogP) is 4.69. The maximum absolute atomic E-state index is 13.1. The molecule has 0 heterocycles. The quantitative estimate of drug-likeness (QED) is 0.548. The fourth-order valence-electron chi connectivity index (χ4n) is 3.14. The molecule has 0 saturated carbocycles. The highest BCUT2D eigenvalue weighted by molar-refractivity contribution is 7.76. The van der Waals surface area contributed by atoms with E-state index >= 15 is 0 Å². The molecule has 0 bridgehead atoms. The molecular formula is C22H18NOP. The van der Waals surface area contributed by atoms with Crippen LogP contribution < -0.4 is 16.1 Å². The van der Waals surface area contributed by atoms with Gasteiger partial charge in [-0.15, -0.1) is 0 Å². The van der Waals surface area contributed by atoms with Crippen LogP contribution in [0.1, 0.15) is 0 Å². The first-order valence-electron chi connectivity index (χ1n) is 8.19. The van der Waals surface area contributed by atoms with E-state index in [4.69, 9.17) is 5.50 Å². The second kappa shape index (κ2) is 6.33. The van der Waals surface area contributed by atoms with Crippen molar-refractivity contribution >= 4 is 28.7 Å². The van der Waals surface area contributed by atoms with Gasteiger partial charge in [0.2, 0.25) is 7.29 Å². The first kappa shape index (κ1) is 15.8. The molecule has 3 heteroatoms. The molecule has 0 aliphatic carbocycles. The molecule has 0 aromatic heterocycles. The SMILES string of the molecule is NP(=O)(c1ccccc1)c1ccc(-c2cccc3ccccc23)cc1. The van der Waals surface area contributed by atoms with Gasteiger partial charge in [-0.3, -0.25) is 10.1 Å². The molecule has 0 aliphatic rings. The largest absolute Gasteiger partial charge is 0.297 e. The molecular weight excluding hydrogens is 325 g/mol. The minimum atomic E-state index is -3.06. The topological polar surface area (TPSA) is 43.1 Å². The standard InChI is InChI=1S/C22H18NOP/c23-25(24,19-9-2-1-3-10-19)20-15-13-18(14-16-20)22-12-6-8-17-7-4-5-11-21(17)22/h1-16H,(H2,23,24). The van der Waals surface area contributed by atoms with Gasteiger partial charge in [0.05, 0.1) is 0 Å². The van der Waals surface area contributed by atoms with E-state index < -0.39 is 7.29 Å². The number of nitrogens with two attached hydrogens (primary N) is 1. The molecule has 4 aromatic rings. The molecule has 122 valence electrons. The lowest BCUT2D eigenvalue weighted by atomic mass is 9.98. The summed E-state index contributed by atoms with van der Waals surface area (Å²) in [5.74, 6) is 0. The minimum absolute atomic E-state index is 0.669. The van der Waals surface area contributed by atoms with Crippen LogP contribution in [0.4, 0.5) is 0 Å². The van der Waals surface area contributed by atoms with Gasteiger partial charge in [-0.1, -0.05) is 72.8 Å². The second-order valence-corrected chi connectivity index (χ2v) is 8.42. The van der Waals surface area contributed by atoms with Gasteiger partial charge in [0, 0.05) is 10.6 Å². The molecule has 2 nitrogen and oxygen atoms in total. The summed E-state index contributed by atoms with van der Waals surface area (Å²) in [6.07, 6.45) is 0. The molecule has 0 fully saturated rings. The normalized spacial score (nSPS) is 13.5. The summed E-state index contributed by atoms with van der Waals surface area (Å²) in [7, 11) is -3.06. The Hall–Kier alpha value is -2.67. The van der Waals surface area contributed by atoms with Crippen LogP contribution in [0.25, 0.3) is 21.9 Å². The maximum Gasteiger partial charge on any atom is 0.202 e. The van der Waals surface area contributed by atoms with Crippen LogP contribution in [-0.4, -0.2) is 0 Å². The highest BCUT2D eigenvalue weighted by Gasteiger charge is 2.21. The summed E-state index contributed by atoms with van der Waals surface area (Å²) in [4.78, 5) is 0. The van der Waals surface area contributed by atoms with E-state index in [0.717, 1.165) is 11.1 Å². The number of hydrogen-bond acceptors (Lipinski definition) is 1. The fraction of sp³-hybridized carbons (Fsp3) is 0. The molecule has 0 saturated heterocycles. The molecule has 0 amide bonds. The Morgan fingerprint density at radius 2 is 1.20 bits per heavy atom. The fourth-order valence-corrected chi connectivity index (χ4v) is 4.64. The molecule has 0 aliphatic heterocycles. The van der Waals surface area contributed by atoms with Gasteiger partial charge in [-0.25, -0.2) is 0 Å². The van der Waals surface area contributed by atoms with Gasteiger partial charge in [-0.05, 0) is 46.2 Å². The van der Waals surface area contributed by atoms with E-state index in [1.54, 1.807) is 0 Å². The van der Waals surface area contributed by atoms with Crippen LogP contribution in [0.2, 0.25) is 0 Å². The monoisotopic (exact) mass is 343 g/mol. The average Bonchev–Trinajstić information content (AvgIpc) is 2.68. The zero-order valence-corrected chi connectivity index (χ0v) is 14.6. The van der Waals surface area contributed by atoms with Crippen LogP contribution in [-0.2, 0) is 4.57 Å². The third kappa shape index (κ3) is 2.91. The summed E-state index contributed by atoms with van der Waals surface area (Å²) < 4.78 is 13.1. The Morgan fingerprint density at radius 3 is 1.96 bits per heavy atom. The summed E-state index contributed by atoms with van der Waals surface area (Å²) in [5.41, 5.74) is 8.45. The van der Waals surface area contributed by atoms with E-state index in [0.29, 0.717) is 10.6 Å². The Morgan fingerprint density at radius 1 is 0.600 bits per heavy atom. The predicted molar refractivity (Wildman–Crippen MR) is 107 cm³/mol. The van der Waals surface area contributed by atoms with Gasteiger partial charge in [-0.2, -0.15) is 0 Å². The van der Waals surface area contributed by atoms with Crippen molar-refractivity contribution in [3.8, 4) is 11.1 Å². The first-order valence-corrected chi connectivity index (χ1v) is 9.97. The zero-order chi connectivity index (χ0) is 17.3. The molecule has 4 rings (SSSR count). The number of benzene rings is 4. The van der Waals surface area contributed by atoms with Crippen molar-refractivity contribution in [2.24, 2.45) is 5.50 Å². The van der Waals surface area contributed by atoms with Crippen molar-refractivity contribution in [2.45, 2.75) is 0 Å². The maximum atomic E-state index is 13.1. The number of rotatable bonds is 3. The third-order valence-electron chi connectivity index (χ3n) is 4.49. The molecule has 0 radical (unpaired) electrons. The molecule has 0 spiro atoms. The van der Waals surface area contributed by atoms with E-state index in [1.165, 1.54) is 10.8 Å². The van der Waals surface area contributed by atoms with Crippen molar-refractivity contribution in [1.29, 1.82) is 0 Å². The highest BCUT2D eigenvalue weighted by atomic mass is 31.2. The van der Waals surface area contributed by atoms with Crippen LogP contribution in [0, 0.1) is 0 Å². The second-order valence-electron chi connectivity index (χ2n) is 6.07. The van der Waals surface area contributed by atoms with E-state index in [9.17, 15) is 4.57 Å². The van der Waals surface area contributed by atoms with Crippen molar-refractivity contribution < 1.29 is 4.57 Å². The van der Waals surface area contributed by atoms with Crippen LogP contribution in [0.5, 0.6) is 0 Å². The molecule has 2 N–H and O–H groups in total. The van der Waals surface area contributed by atoms with Gasteiger partial charge in [0.15, 0.2) is 0 Å². The first-order chi connectivity index (χ1) is 12.2. The molecule has 25 heavy (non-hydrogen) atoms. The highest BCUT2D eigenvalue weighted by Crippen LogP contribution is 2.35. The lowest BCUT2D eigenvalue weighted by molar-refractivity contribution is 0.588. The smallest absolute Gasteiger partial charge is 0.202 e. The summed E-state index contributed by atoms with van der Waals surface area (Å²) in [6, 6.07) is 31.6. The number of hydrogen-bond donors (Lipinski definition) is 1. The third-order valence-corrected chi connectivity index (χ3v) is 6.62. The summed E-state index contributed by atoms with van der Waals surface area (Å²) in [6.45, 7) is 0. The molecule has 1 atom stereocenters. The van der Waals surface area contributed by atoms with E-state index in [2.05, 4.69) is 30.3 Å². The van der Waals surface area contributed by atoms with Crippen molar-refractivity contribution in [1.82, 2.24) is 0 Å². The van der Waals surface area contributed by atoms with Crippen LogP contribution in [0.15, 0.2) is 97.1 Å². The average molecular weight is 343 g/mol. The Balaban J connectivity index is 1.77. The lowest BCUT2D eigenvalue weighted by Crippen LogP contribution is -2.21. The van der Waals surface area contributed by atoms with Gasteiger partial charge >= 0.3 is 0 Å². The van der Waals surface area contributed by atoms with Crippen molar-refractivity contribution in [3.05, 3.63) is 97.1 Å². The Kier molecular flexibility index (Phi) is 4.01. The van der Waals surface area contributed by atoms with Crippen LogP contribution >= 0.6 is 7.29 Å². The van der Waals surface area contributed by atoms with E-state index in [-0.39, 0.29) is 0 Å². The van der Waals surface area contributed by atoms with E-state index in [1.807, 2.05) is 66.7 Å². The van der Waals surface area contributed by atoms with Gasteiger partial charge in [0.25, 0.3) is 0 Å². The Bertz CT molecular complexity index is 1070. The molecule has 4 aromatic carbocycles. The zero-order valence-electron chi connectivity index (χ0n) is 13.7. The summed E-state index contributed by atoms with van der Waals surface area (Å²) in [5, 5.41) is 3.75. The molecule has 1 unspecified atom stereocenters. The lowest BCUT2D eigenvalue weighted by Gasteiger charge is -2.14. The van der Waals surface area contributed by atoms with Gasteiger partial charge < -0.3 is 0 Å². The van der Waals surface area contributed by atoms with Crippen molar-refractivity contribution in [2.75, 3.05) is 0 Å². The number of fused-ring (bicyclic) bond motifs is 1. The Labute approximate surface area is 147 Å². The van der Waals surface area contributed by atoms with Gasteiger partial charge in [0.1, 0.15) is 0 Å². The summed E-state index contributed by atoms with van der Waals surface area (Å²) >= 11 is 0.